The normalized spacial score (nSPS) is 11.1. The van der Waals surface area contributed by atoms with Gasteiger partial charge in [0.1, 0.15) is 0 Å². The Morgan fingerprint density at radius 3 is 2.50 bits per heavy atom. The third kappa shape index (κ3) is 6.15. The van der Waals surface area contributed by atoms with Gasteiger partial charge in [0, 0.05) is 47.3 Å². The maximum Gasteiger partial charge on any atom is 0.255 e. The molecule has 0 unspecified atom stereocenters. The van der Waals surface area contributed by atoms with E-state index in [4.69, 9.17) is 0 Å². The van der Waals surface area contributed by atoms with Crippen LogP contribution in [0.4, 0.5) is 17.3 Å². The summed E-state index contributed by atoms with van der Waals surface area (Å²) in [6, 6.07) is 18.5. The van der Waals surface area contributed by atoms with Gasteiger partial charge in [-0.1, -0.05) is 18.2 Å². The van der Waals surface area contributed by atoms with Gasteiger partial charge in [-0.15, -0.1) is 0 Å². The molecule has 0 spiro atoms. The molecule has 2 heterocycles. The van der Waals surface area contributed by atoms with Crippen molar-refractivity contribution < 1.29 is 9.36 Å². The summed E-state index contributed by atoms with van der Waals surface area (Å²) in [4.78, 5) is 25.8. The fourth-order valence-corrected chi connectivity index (χ4v) is 4.54. The molecule has 0 saturated heterocycles. The minimum absolute atomic E-state index is 0.215. The van der Waals surface area contributed by atoms with Gasteiger partial charge in [-0.25, -0.2) is 9.97 Å². The fraction of sp³-hybridized carbons (Fsp3) is 0.154. The Hall–Kier alpha value is -3.83. The third-order valence-electron chi connectivity index (χ3n) is 5.13. The lowest BCUT2D eigenvalue weighted by atomic mass is 10.1. The van der Waals surface area contributed by atoms with Crippen LogP contribution in [0.5, 0.6) is 0 Å². The molecule has 7 nitrogen and oxygen atoms in total. The second kappa shape index (κ2) is 9.98. The lowest BCUT2D eigenvalue weighted by Gasteiger charge is -2.12. The molecule has 4 rings (SSSR count). The van der Waals surface area contributed by atoms with Gasteiger partial charge in [0.15, 0.2) is 0 Å². The first-order chi connectivity index (χ1) is 16.3. The molecule has 0 radical (unpaired) electrons. The molecule has 0 fully saturated rings. The van der Waals surface area contributed by atoms with Crippen LogP contribution in [0.2, 0.25) is 0 Å². The summed E-state index contributed by atoms with van der Waals surface area (Å²) in [5.41, 5.74) is 5.58. The van der Waals surface area contributed by atoms with Gasteiger partial charge in [0.05, 0.1) is 12.8 Å². The van der Waals surface area contributed by atoms with Gasteiger partial charge >= 0.3 is 0 Å². The van der Waals surface area contributed by atoms with Crippen LogP contribution >= 0.6 is 7.14 Å². The molecule has 34 heavy (non-hydrogen) atoms. The molecule has 0 atom stereocenters. The highest BCUT2D eigenvalue weighted by Crippen LogP contribution is 2.40. The van der Waals surface area contributed by atoms with Crippen LogP contribution in [0, 0.1) is 6.92 Å². The van der Waals surface area contributed by atoms with Crippen LogP contribution < -0.4 is 10.6 Å². The Labute approximate surface area is 199 Å². The van der Waals surface area contributed by atoms with Crippen molar-refractivity contribution >= 4 is 30.4 Å². The second-order valence-corrected chi connectivity index (χ2v) is 12.0. The van der Waals surface area contributed by atoms with Gasteiger partial charge < -0.3 is 15.2 Å². The summed E-state index contributed by atoms with van der Waals surface area (Å²) in [5.74, 6) is 0.236. The average molecular weight is 472 g/mol. The van der Waals surface area contributed by atoms with Crippen molar-refractivity contribution in [1.29, 1.82) is 0 Å². The Morgan fingerprint density at radius 1 is 1.00 bits per heavy atom. The summed E-state index contributed by atoms with van der Waals surface area (Å²) < 4.78 is 12.0. The molecule has 1 amide bonds. The molecular formula is C26H26N5O2P. The SMILES string of the molecule is Cc1ccc(NC(=O)c2ccc(CP(C)(C)=O)cc2)cc1Nc1nccc(-c2cccnc2)n1. The van der Waals surface area contributed by atoms with Crippen molar-refractivity contribution in [3.63, 3.8) is 0 Å². The summed E-state index contributed by atoms with van der Waals surface area (Å²) >= 11 is 0. The van der Waals surface area contributed by atoms with Gasteiger partial charge in [-0.05, 0) is 73.8 Å². The van der Waals surface area contributed by atoms with Gasteiger partial charge in [-0.2, -0.15) is 0 Å². The van der Waals surface area contributed by atoms with Crippen molar-refractivity contribution in [2.24, 2.45) is 0 Å². The number of nitrogens with one attached hydrogen (secondary N) is 2. The van der Waals surface area contributed by atoms with Crippen LogP contribution in [-0.4, -0.2) is 34.2 Å². The summed E-state index contributed by atoms with van der Waals surface area (Å²) in [6.07, 6.45) is 5.68. The number of rotatable bonds is 7. The molecule has 2 aromatic carbocycles. The topological polar surface area (TPSA) is 96.9 Å². The van der Waals surface area contributed by atoms with Crippen molar-refractivity contribution in [3.05, 3.63) is 95.9 Å². The van der Waals surface area contributed by atoms with Gasteiger partial charge in [-0.3, -0.25) is 9.78 Å². The number of aromatic nitrogens is 3. The summed E-state index contributed by atoms with van der Waals surface area (Å²) in [6.45, 7) is 5.49. The first-order valence-corrected chi connectivity index (χ1v) is 13.6. The second-order valence-electron chi connectivity index (χ2n) is 8.54. The molecule has 0 bridgehead atoms. The monoisotopic (exact) mass is 471 g/mol. The Kier molecular flexibility index (Phi) is 6.85. The number of carbonyl (C=O) groups excluding carboxylic acids is 1. The van der Waals surface area contributed by atoms with Crippen LogP contribution in [-0.2, 0) is 10.7 Å². The first-order valence-electron chi connectivity index (χ1n) is 10.8. The Bertz CT molecular complexity index is 1350. The first kappa shape index (κ1) is 23.3. The van der Waals surface area contributed by atoms with E-state index in [1.807, 2.05) is 55.5 Å². The predicted octanol–water partition coefficient (Wildman–Crippen LogP) is 5.97. The highest BCUT2D eigenvalue weighted by Gasteiger charge is 2.12. The summed E-state index contributed by atoms with van der Waals surface area (Å²) in [5, 5.41) is 6.18. The van der Waals surface area contributed by atoms with Crippen molar-refractivity contribution in [3.8, 4) is 11.3 Å². The zero-order chi connectivity index (χ0) is 24.1. The molecule has 8 heteroatoms. The number of hydrogen-bond acceptors (Lipinski definition) is 6. The molecule has 0 aliphatic rings. The van der Waals surface area contributed by atoms with E-state index in [0.29, 0.717) is 23.4 Å². The minimum Gasteiger partial charge on any atom is -0.324 e. The highest BCUT2D eigenvalue weighted by atomic mass is 31.2. The van der Waals surface area contributed by atoms with E-state index in [9.17, 15) is 9.36 Å². The Balaban J connectivity index is 1.48. The minimum atomic E-state index is -2.16. The number of pyridine rings is 1. The smallest absolute Gasteiger partial charge is 0.255 e. The van der Waals surface area contributed by atoms with E-state index in [0.717, 1.165) is 28.1 Å². The lowest BCUT2D eigenvalue weighted by molar-refractivity contribution is 0.102. The number of carbonyl (C=O) groups is 1. The zero-order valence-corrected chi connectivity index (χ0v) is 20.2. The maximum atomic E-state index is 12.7. The number of aryl methyl sites for hydroxylation is 1. The van der Waals surface area contributed by atoms with E-state index in [-0.39, 0.29) is 5.91 Å². The van der Waals surface area contributed by atoms with E-state index >= 15 is 0 Å². The molecule has 4 aromatic rings. The zero-order valence-electron chi connectivity index (χ0n) is 19.3. The van der Waals surface area contributed by atoms with Crippen LogP contribution in [0.15, 0.2) is 79.3 Å². The molecule has 0 aliphatic heterocycles. The number of nitrogens with zero attached hydrogens (tertiary/aromatic N) is 3. The molecule has 2 N–H and O–H groups in total. The lowest BCUT2D eigenvalue weighted by Crippen LogP contribution is -2.12. The third-order valence-corrected chi connectivity index (χ3v) is 6.26. The van der Waals surface area contributed by atoms with Gasteiger partial charge in [0.25, 0.3) is 5.91 Å². The van der Waals surface area contributed by atoms with Gasteiger partial charge in [0.2, 0.25) is 5.95 Å². The average Bonchev–Trinajstić information content (AvgIpc) is 2.81. The van der Waals surface area contributed by atoms with Crippen LogP contribution in [0.25, 0.3) is 11.3 Å². The standard InChI is InChI=1S/C26H26N5O2P/c1-18-6-11-22(29-25(32)20-9-7-19(8-10-20)17-34(2,3)33)15-24(18)31-26-28-14-12-23(30-26)21-5-4-13-27-16-21/h4-16H,17H2,1-3H3,(H,29,32)(H,28,30,31). The molecule has 2 aromatic heterocycles. The van der Waals surface area contributed by atoms with Crippen molar-refractivity contribution in [2.45, 2.75) is 13.1 Å². The highest BCUT2D eigenvalue weighted by molar-refractivity contribution is 7.61. The number of anilines is 3. The number of benzene rings is 2. The molecule has 0 aliphatic carbocycles. The molecule has 0 saturated carbocycles. The molecular weight excluding hydrogens is 445 g/mol. The van der Waals surface area contributed by atoms with E-state index in [1.165, 1.54) is 0 Å². The van der Waals surface area contributed by atoms with E-state index < -0.39 is 7.14 Å². The van der Waals surface area contributed by atoms with Crippen molar-refractivity contribution in [2.75, 3.05) is 24.0 Å². The fourth-order valence-electron chi connectivity index (χ4n) is 3.45. The van der Waals surface area contributed by atoms with Crippen LogP contribution in [0.3, 0.4) is 0 Å². The molecule has 172 valence electrons. The van der Waals surface area contributed by atoms with E-state index in [2.05, 4.69) is 25.6 Å². The quantitative estimate of drug-likeness (QED) is 0.323. The maximum absolute atomic E-state index is 12.7. The summed E-state index contributed by atoms with van der Waals surface area (Å²) in [7, 11) is -2.16. The predicted molar refractivity (Wildman–Crippen MR) is 137 cm³/mol. The largest absolute Gasteiger partial charge is 0.324 e. The van der Waals surface area contributed by atoms with Crippen LogP contribution in [0.1, 0.15) is 21.5 Å². The van der Waals surface area contributed by atoms with Crippen molar-refractivity contribution in [1.82, 2.24) is 15.0 Å². The number of amides is 1. The Morgan fingerprint density at radius 2 is 1.79 bits per heavy atom. The van der Waals surface area contributed by atoms with E-state index in [1.54, 1.807) is 44.1 Å². The number of hydrogen-bond donors (Lipinski definition) is 2.